The number of ether oxygens (including phenoxy) is 1. The molecule has 1 amide bonds. The molecule has 0 aliphatic heterocycles. The molecule has 1 aromatic rings. The predicted molar refractivity (Wildman–Crippen MR) is 78.1 cm³/mol. The van der Waals surface area contributed by atoms with Gasteiger partial charge in [-0.3, -0.25) is 4.79 Å². The lowest BCUT2D eigenvalue weighted by atomic mass is 10.1. The van der Waals surface area contributed by atoms with Crippen molar-refractivity contribution in [1.82, 2.24) is 5.32 Å². The lowest BCUT2D eigenvalue weighted by molar-refractivity contribution is -0.155. The van der Waals surface area contributed by atoms with Gasteiger partial charge in [0.1, 0.15) is 0 Å². The van der Waals surface area contributed by atoms with E-state index in [0.29, 0.717) is 13.2 Å². The van der Waals surface area contributed by atoms with Gasteiger partial charge in [-0.25, -0.2) is 4.79 Å². The number of nitrogens with one attached hydrogen (secondary N) is 1. The summed E-state index contributed by atoms with van der Waals surface area (Å²) in [6.07, 6.45) is 4.09. The van der Waals surface area contributed by atoms with E-state index in [0.717, 1.165) is 36.8 Å². The molecule has 4 heteroatoms. The first-order valence-corrected chi connectivity index (χ1v) is 7.14. The van der Waals surface area contributed by atoms with Crippen molar-refractivity contribution in [3.05, 3.63) is 35.4 Å². The maximum atomic E-state index is 11.5. The predicted octanol–water partition coefficient (Wildman–Crippen LogP) is 2.73. The van der Waals surface area contributed by atoms with Crippen LogP contribution in [0.4, 0.5) is 0 Å². The van der Waals surface area contributed by atoms with Crippen LogP contribution in [0.25, 0.3) is 0 Å². The van der Waals surface area contributed by atoms with E-state index < -0.39 is 11.9 Å². The van der Waals surface area contributed by atoms with Gasteiger partial charge in [0.15, 0.2) is 0 Å². The number of hydrogen-bond acceptors (Lipinski definition) is 3. The van der Waals surface area contributed by atoms with Crippen molar-refractivity contribution in [2.75, 3.05) is 6.61 Å². The minimum atomic E-state index is -0.798. The van der Waals surface area contributed by atoms with E-state index in [1.165, 1.54) is 0 Å². The Bertz CT molecular complexity index is 426. The van der Waals surface area contributed by atoms with Crippen molar-refractivity contribution in [1.29, 1.82) is 0 Å². The number of amides is 1. The summed E-state index contributed by atoms with van der Waals surface area (Å²) in [4.78, 5) is 22.9. The summed E-state index contributed by atoms with van der Waals surface area (Å²) in [5.41, 5.74) is 2.12. The molecule has 0 aliphatic rings. The molecule has 1 rings (SSSR count). The minimum Gasteiger partial charge on any atom is -0.459 e. The van der Waals surface area contributed by atoms with Crippen LogP contribution in [-0.4, -0.2) is 18.5 Å². The zero-order valence-corrected chi connectivity index (χ0v) is 12.3. The summed E-state index contributed by atoms with van der Waals surface area (Å²) in [6, 6.07) is 7.78. The van der Waals surface area contributed by atoms with Crippen LogP contribution in [0.3, 0.4) is 0 Å². The number of benzene rings is 1. The van der Waals surface area contributed by atoms with Crippen LogP contribution in [0.2, 0.25) is 0 Å². The van der Waals surface area contributed by atoms with Gasteiger partial charge >= 0.3 is 11.9 Å². The summed E-state index contributed by atoms with van der Waals surface area (Å²) in [6.45, 7) is 4.77. The van der Waals surface area contributed by atoms with Gasteiger partial charge in [0.25, 0.3) is 0 Å². The van der Waals surface area contributed by atoms with Crippen LogP contribution in [0, 0.1) is 6.92 Å². The van der Waals surface area contributed by atoms with E-state index in [1.807, 2.05) is 31.2 Å². The maximum absolute atomic E-state index is 11.5. The number of esters is 1. The number of rotatable bonds is 7. The molecular weight excluding hydrogens is 254 g/mol. The summed E-state index contributed by atoms with van der Waals surface area (Å²) in [7, 11) is 0. The summed E-state index contributed by atoms with van der Waals surface area (Å²) in [5, 5.41) is 2.56. The topological polar surface area (TPSA) is 55.4 Å². The van der Waals surface area contributed by atoms with Crippen molar-refractivity contribution < 1.29 is 14.3 Å². The molecular formula is C16H23NO3. The second kappa shape index (κ2) is 9.13. The molecule has 0 unspecified atom stereocenters. The monoisotopic (exact) mass is 277 g/mol. The standard InChI is InChI=1S/C16H23NO3/c1-3-4-5-6-11-20-16(19)15(18)17-12-14-9-7-13(2)8-10-14/h7-10H,3-6,11-12H2,1-2H3,(H,17,18). The molecule has 0 saturated carbocycles. The highest BCUT2D eigenvalue weighted by Crippen LogP contribution is 2.02. The van der Waals surface area contributed by atoms with Crippen LogP contribution in [-0.2, 0) is 20.9 Å². The first-order chi connectivity index (χ1) is 9.63. The Morgan fingerprint density at radius 2 is 1.80 bits per heavy atom. The number of carbonyl (C=O) groups is 2. The lowest BCUT2D eigenvalue weighted by Gasteiger charge is -2.06. The third-order valence-corrected chi connectivity index (χ3v) is 2.99. The van der Waals surface area contributed by atoms with Gasteiger partial charge in [0.05, 0.1) is 6.61 Å². The molecule has 20 heavy (non-hydrogen) atoms. The molecule has 0 aromatic heterocycles. The summed E-state index contributed by atoms with van der Waals surface area (Å²) >= 11 is 0. The zero-order valence-electron chi connectivity index (χ0n) is 12.3. The number of unbranched alkanes of at least 4 members (excludes halogenated alkanes) is 3. The van der Waals surface area contributed by atoms with Gasteiger partial charge in [-0.1, -0.05) is 56.0 Å². The lowest BCUT2D eigenvalue weighted by Crippen LogP contribution is -2.32. The molecule has 0 radical (unpaired) electrons. The van der Waals surface area contributed by atoms with Crippen molar-refractivity contribution in [3.8, 4) is 0 Å². The number of hydrogen-bond donors (Lipinski definition) is 1. The molecule has 110 valence electrons. The van der Waals surface area contributed by atoms with Gasteiger partial charge in [0, 0.05) is 6.54 Å². The fraction of sp³-hybridized carbons (Fsp3) is 0.500. The molecule has 1 N–H and O–H groups in total. The first kappa shape index (κ1) is 16.2. The summed E-state index contributed by atoms with van der Waals surface area (Å²) < 4.78 is 4.91. The van der Waals surface area contributed by atoms with Gasteiger partial charge < -0.3 is 10.1 Å². The van der Waals surface area contributed by atoms with Gasteiger partial charge in [-0.15, -0.1) is 0 Å². The zero-order chi connectivity index (χ0) is 14.8. The van der Waals surface area contributed by atoms with Crippen LogP contribution in [0.1, 0.15) is 43.7 Å². The quantitative estimate of drug-likeness (QED) is 0.473. The van der Waals surface area contributed by atoms with Crippen molar-refractivity contribution in [2.24, 2.45) is 0 Å². The molecule has 0 aliphatic carbocycles. The molecule has 0 heterocycles. The smallest absolute Gasteiger partial charge is 0.396 e. The Balaban J connectivity index is 2.21. The molecule has 0 spiro atoms. The van der Waals surface area contributed by atoms with E-state index in [2.05, 4.69) is 12.2 Å². The number of aryl methyl sites for hydroxylation is 1. The molecule has 0 saturated heterocycles. The van der Waals surface area contributed by atoms with Crippen LogP contribution in [0.15, 0.2) is 24.3 Å². The Morgan fingerprint density at radius 3 is 2.45 bits per heavy atom. The molecule has 0 fully saturated rings. The second-order valence-corrected chi connectivity index (χ2v) is 4.86. The fourth-order valence-corrected chi connectivity index (χ4v) is 1.72. The van der Waals surface area contributed by atoms with Gasteiger partial charge in [-0.05, 0) is 18.9 Å². The average molecular weight is 277 g/mol. The van der Waals surface area contributed by atoms with Crippen LogP contribution >= 0.6 is 0 Å². The van der Waals surface area contributed by atoms with Gasteiger partial charge in [-0.2, -0.15) is 0 Å². The third kappa shape index (κ3) is 6.36. The van der Waals surface area contributed by atoms with E-state index >= 15 is 0 Å². The van der Waals surface area contributed by atoms with Crippen LogP contribution < -0.4 is 5.32 Å². The fourth-order valence-electron chi connectivity index (χ4n) is 1.72. The van der Waals surface area contributed by atoms with Crippen molar-refractivity contribution in [2.45, 2.75) is 46.1 Å². The minimum absolute atomic E-state index is 0.316. The Kier molecular flexibility index (Phi) is 7.40. The summed E-state index contributed by atoms with van der Waals surface area (Å²) in [5.74, 6) is -1.48. The normalized spacial score (nSPS) is 10.1. The Labute approximate surface area is 120 Å². The van der Waals surface area contributed by atoms with E-state index in [1.54, 1.807) is 0 Å². The second-order valence-electron chi connectivity index (χ2n) is 4.86. The maximum Gasteiger partial charge on any atom is 0.396 e. The van der Waals surface area contributed by atoms with E-state index in [4.69, 9.17) is 4.74 Å². The van der Waals surface area contributed by atoms with Crippen molar-refractivity contribution in [3.63, 3.8) is 0 Å². The van der Waals surface area contributed by atoms with Crippen LogP contribution in [0.5, 0.6) is 0 Å². The first-order valence-electron chi connectivity index (χ1n) is 7.14. The van der Waals surface area contributed by atoms with Crippen molar-refractivity contribution >= 4 is 11.9 Å². The molecule has 4 nitrogen and oxygen atoms in total. The largest absolute Gasteiger partial charge is 0.459 e. The molecule has 0 atom stereocenters. The highest BCUT2D eigenvalue weighted by Gasteiger charge is 2.14. The molecule has 1 aromatic carbocycles. The Hall–Kier alpha value is -1.84. The highest BCUT2D eigenvalue weighted by molar-refractivity contribution is 6.32. The van der Waals surface area contributed by atoms with E-state index in [-0.39, 0.29) is 0 Å². The average Bonchev–Trinajstić information content (AvgIpc) is 2.46. The third-order valence-electron chi connectivity index (χ3n) is 2.99. The van der Waals surface area contributed by atoms with Gasteiger partial charge in [0.2, 0.25) is 0 Å². The SMILES string of the molecule is CCCCCCOC(=O)C(=O)NCc1ccc(C)cc1. The number of carbonyl (C=O) groups excluding carboxylic acids is 2. The Morgan fingerprint density at radius 1 is 1.10 bits per heavy atom. The van der Waals surface area contributed by atoms with E-state index in [9.17, 15) is 9.59 Å². The highest BCUT2D eigenvalue weighted by atomic mass is 16.5. The molecule has 0 bridgehead atoms.